The Hall–Kier alpha value is -4.53. The summed E-state index contributed by atoms with van der Waals surface area (Å²) in [6, 6.07) is 12.7. The molecule has 1 aliphatic heterocycles. The van der Waals surface area contributed by atoms with E-state index in [0.29, 0.717) is 54.5 Å². The third-order valence-corrected chi connectivity index (χ3v) is 6.17. The normalized spacial score (nSPS) is 16.3. The molecule has 1 amide bonds. The molecular weight excluding hydrogens is 489 g/mol. The number of carbonyl (C=O) groups is 1. The van der Waals surface area contributed by atoms with Crippen LogP contribution in [-0.4, -0.2) is 65.4 Å². The predicted octanol–water partition coefficient (Wildman–Crippen LogP) is 2.92. The first kappa shape index (κ1) is 28.0. The number of amides is 1. The minimum atomic E-state index is -0.903. The first-order chi connectivity index (χ1) is 18.2. The van der Waals surface area contributed by atoms with Gasteiger partial charge in [0.2, 0.25) is 6.23 Å². The Bertz CT molecular complexity index is 1320. The van der Waals surface area contributed by atoms with E-state index in [0.717, 1.165) is 12.4 Å². The molecule has 1 fully saturated rings. The summed E-state index contributed by atoms with van der Waals surface area (Å²) < 4.78 is 13.1. The molecule has 6 N–H and O–H groups in total. The Labute approximate surface area is 220 Å². The molecule has 1 atom stereocenters. The predicted molar refractivity (Wildman–Crippen MR) is 147 cm³/mol. The van der Waals surface area contributed by atoms with Gasteiger partial charge in [0.25, 0.3) is 5.91 Å². The Morgan fingerprint density at radius 3 is 2.45 bits per heavy atom. The van der Waals surface area contributed by atoms with Crippen molar-refractivity contribution in [2.24, 2.45) is 10.7 Å². The minimum absolute atomic E-state index is 0.108. The number of rotatable bonds is 8. The second-order valence-electron chi connectivity index (χ2n) is 8.65. The van der Waals surface area contributed by atoms with Gasteiger partial charge in [-0.2, -0.15) is 11.5 Å². The second kappa shape index (κ2) is 12.6. The monoisotopic (exact) mass is 519 g/mol. The largest absolute Gasteiger partial charge is 0.810 e. The molecule has 3 rings (SSSR count). The van der Waals surface area contributed by atoms with E-state index in [1.165, 1.54) is 31.2 Å². The van der Waals surface area contributed by atoms with E-state index in [1.54, 1.807) is 25.1 Å². The number of aliphatic hydroxyl groups is 1. The third-order valence-electron chi connectivity index (χ3n) is 6.17. The highest BCUT2D eigenvalue weighted by atomic mass is 19.1. The van der Waals surface area contributed by atoms with Gasteiger partial charge >= 0.3 is 0 Å². The van der Waals surface area contributed by atoms with Crippen LogP contribution in [0.5, 0.6) is 0 Å². The van der Waals surface area contributed by atoms with Crippen LogP contribution in [0.1, 0.15) is 19.4 Å². The van der Waals surface area contributed by atoms with E-state index in [2.05, 4.69) is 16.4 Å². The van der Waals surface area contributed by atoms with Crippen molar-refractivity contribution < 1.29 is 19.4 Å². The molecule has 1 aliphatic rings. The summed E-state index contributed by atoms with van der Waals surface area (Å²) in [5.41, 5.74) is 8.23. The van der Waals surface area contributed by atoms with Crippen molar-refractivity contribution in [3.05, 3.63) is 82.4 Å². The average Bonchev–Trinajstić information content (AvgIpc) is 2.90. The van der Waals surface area contributed by atoms with E-state index < -0.39 is 18.0 Å². The SMILES string of the molecule is CC(=Nc1ccc(F)cc1)C(=CN)C(=O)Nc1ccc(N2CCN(C([OH2+])/C(C=[N-])=C(\C)O)CC2)c(C#N)c1. The van der Waals surface area contributed by atoms with Crippen LogP contribution in [0.25, 0.3) is 5.41 Å². The highest BCUT2D eigenvalue weighted by Gasteiger charge is 2.28. The third kappa shape index (κ3) is 6.61. The maximum absolute atomic E-state index is 13.1. The molecule has 0 aliphatic carbocycles. The molecule has 1 saturated heterocycles. The van der Waals surface area contributed by atoms with Crippen LogP contribution in [0.15, 0.2) is 70.6 Å². The van der Waals surface area contributed by atoms with Crippen LogP contribution >= 0.6 is 0 Å². The highest BCUT2D eigenvalue weighted by molar-refractivity contribution is 6.25. The second-order valence-corrected chi connectivity index (χ2v) is 8.65. The molecule has 0 aromatic heterocycles. The number of piperazine rings is 1. The smallest absolute Gasteiger partial charge is 0.258 e. The topological polar surface area (TPSA) is 163 Å². The van der Waals surface area contributed by atoms with E-state index in [-0.39, 0.29) is 16.9 Å². The van der Waals surface area contributed by atoms with Crippen LogP contribution in [-0.2, 0) is 4.79 Å². The maximum atomic E-state index is 13.1. The molecule has 10 nitrogen and oxygen atoms in total. The molecule has 1 heterocycles. The van der Waals surface area contributed by atoms with E-state index in [1.807, 2.05) is 9.80 Å². The number of halogens is 1. The summed E-state index contributed by atoms with van der Waals surface area (Å²) in [5, 5.41) is 39.9. The van der Waals surface area contributed by atoms with Gasteiger partial charge in [-0.3, -0.25) is 9.79 Å². The minimum Gasteiger partial charge on any atom is -0.810 e. The number of allylic oxidation sites excluding steroid dienone is 1. The molecule has 0 spiro atoms. The molecule has 0 saturated carbocycles. The van der Waals surface area contributed by atoms with Gasteiger partial charge in [-0.05, 0) is 56.3 Å². The van der Waals surface area contributed by atoms with Crippen LogP contribution in [0, 0.1) is 17.1 Å². The molecule has 0 bridgehead atoms. The van der Waals surface area contributed by atoms with Crippen LogP contribution < -0.4 is 16.0 Å². The lowest BCUT2D eigenvalue weighted by Gasteiger charge is -2.37. The van der Waals surface area contributed by atoms with Gasteiger partial charge in [0.1, 0.15) is 17.6 Å². The van der Waals surface area contributed by atoms with Crippen LogP contribution in [0.3, 0.4) is 0 Å². The van der Waals surface area contributed by atoms with Gasteiger partial charge in [0.15, 0.2) is 0 Å². The number of benzene rings is 2. The molecule has 2 aromatic rings. The number of aliphatic imine (C=N–C) groups is 1. The van der Waals surface area contributed by atoms with E-state index >= 15 is 0 Å². The lowest BCUT2D eigenvalue weighted by Crippen LogP contribution is -2.51. The zero-order valence-electron chi connectivity index (χ0n) is 21.1. The highest BCUT2D eigenvalue weighted by Crippen LogP contribution is 2.26. The van der Waals surface area contributed by atoms with Crippen molar-refractivity contribution in [1.82, 2.24) is 4.90 Å². The summed E-state index contributed by atoms with van der Waals surface area (Å²) in [5.74, 6) is -1.01. The number of nitrogens with one attached hydrogen (secondary N) is 1. The Morgan fingerprint density at radius 1 is 1.24 bits per heavy atom. The van der Waals surface area contributed by atoms with Crippen LogP contribution in [0.2, 0.25) is 0 Å². The number of hydrogen-bond acceptors (Lipinski definition) is 7. The lowest BCUT2D eigenvalue weighted by molar-refractivity contribution is -0.112. The Balaban J connectivity index is 1.70. The molecule has 0 radical (unpaired) electrons. The van der Waals surface area contributed by atoms with Crippen molar-refractivity contribution in [3.63, 3.8) is 0 Å². The number of nitriles is 1. The fraction of sp³-hybridized carbons (Fsp3) is 0.259. The zero-order valence-corrected chi connectivity index (χ0v) is 21.1. The Kier molecular flexibility index (Phi) is 9.32. The standard InChI is InChI=1S/C27H29FN7O3/c1-17(32-21-5-3-20(28)4-6-21)23(15-30)26(37)33-22-7-8-25(19(13-22)14-29)34-9-11-35(12-10-34)27(38)24(16-31)18(2)36/h3-8,13,15-16,27,36,38H,9-12,30H2,1-2H3,(H,33,37)/q-1/p+1/b23-15?,24-18+,32-17?. The number of anilines is 2. The van der Waals surface area contributed by atoms with Crippen molar-refractivity contribution in [3.8, 4) is 6.07 Å². The average molecular weight is 520 g/mol. The summed E-state index contributed by atoms with van der Waals surface area (Å²) >= 11 is 0. The Morgan fingerprint density at radius 2 is 1.89 bits per heavy atom. The summed E-state index contributed by atoms with van der Waals surface area (Å²) in [6.45, 7) is 5.06. The number of aliphatic hydroxyl groups excluding tert-OH is 1. The zero-order chi connectivity index (χ0) is 27.8. The number of nitrogens with zero attached hydrogens (tertiary/aromatic N) is 5. The van der Waals surface area contributed by atoms with Gasteiger partial charge in [0, 0.05) is 38.1 Å². The number of hydrogen-bond donors (Lipinski definition) is 3. The van der Waals surface area contributed by atoms with Crippen molar-refractivity contribution >= 4 is 34.9 Å². The molecule has 2 aromatic carbocycles. The first-order valence-electron chi connectivity index (χ1n) is 11.8. The lowest BCUT2D eigenvalue weighted by atomic mass is 10.1. The van der Waals surface area contributed by atoms with Crippen molar-refractivity contribution in [1.29, 1.82) is 5.26 Å². The fourth-order valence-electron chi connectivity index (χ4n) is 4.09. The van der Waals surface area contributed by atoms with Crippen molar-refractivity contribution in [2.45, 2.75) is 20.1 Å². The first-order valence-corrected chi connectivity index (χ1v) is 11.8. The molecule has 198 valence electrons. The molecule has 11 heteroatoms. The van der Waals surface area contributed by atoms with Crippen molar-refractivity contribution in [2.75, 3.05) is 36.4 Å². The van der Waals surface area contributed by atoms with Gasteiger partial charge in [-0.15, -0.1) is 0 Å². The summed E-state index contributed by atoms with van der Waals surface area (Å²) in [6.07, 6.45) is 0.991. The molecule has 1 unspecified atom stereocenters. The van der Waals surface area contributed by atoms with Crippen LogP contribution in [0.4, 0.5) is 21.5 Å². The van der Waals surface area contributed by atoms with Gasteiger partial charge in [-0.1, -0.05) is 0 Å². The van der Waals surface area contributed by atoms with Gasteiger partial charge in [-0.25, -0.2) is 9.29 Å². The van der Waals surface area contributed by atoms with Gasteiger partial charge < -0.3 is 31.6 Å². The maximum Gasteiger partial charge on any atom is 0.258 e. The number of carbonyl (C=O) groups excluding carboxylic acids is 1. The van der Waals surface area contributed by atoms with E-state index in [4.69, 9.17) is 10.8 Å². The molecule has 38 heavy (non-hydrogen) atoms. The van der Waals surface area contributed by atoms with Gasteiger partial charge in [0.05, 0.1) is 33.8 Å². The summed E-state index contributed by atoms with van der Waals surface area (Å²) in [4.78, 5) is 21.0. The number of nitrogens with two attached hydrogens (primary N) is 1. The quantitative estimate of drug-likeness (QED) is 0.210. The summed E-state index contributed by atoms with van der Waals surface area (Å²) in [7, 11) is 0. The van der Waals surface area contributed by atoms with E-state index in [9.17, 15) is 25.0 Å². The fourth-order valence-corrected chi connectivity index (χ4v) is 4.09. The molecular formula is C27H30FN7O3.